The van der Waals surface area contributed by atoms with Crippen LogP contribution in [0.15, 0.2) is 18.2 Å². The molecule has 1 fully saturated rings. The summed E-state index contributed by atoms with van der Waals surface area (Å²) in [5.74, 6) is 0.848. The van der Waals surface area contributed by atoms with Gasteiger partial charge in [-0.2, -0.15) is 0 Å². The number of morpholine rings is 1. The van der Waals surface area contributed by atoms with Crippen molar-refractivity contribution >= 4 is 0 Å². The van der Waals surface area contributed by atoms with Crippen LogP contribution in [-0.4, -0.2) is 26.8 Å². The largest absolute Gasteiger partial charge is 0.496 e. The monoisotopic (exact) mass is 192 g/mol. The Hall–Kier alpha value is -1.06. The zero-order chi connectivity index (χ0) is 9.80. The minimum absolute atomic E-state index is 0.105. The van der Waals surface area contributed by atoms with Gasteiger partial charge >= 0.3 is 0 Å². The lowest BCUT2D eigenvalue weighted by Crippen LogP contribution is -2.33. The maximum absolute atomic E-state index is 5.65. The summed E-state index contributed by atoms with van der Waals surface area (Å²) in [5, 5.41) is 3.29. The molecule has 0 aliphatic carbocycles. The summed E-state index contributed by atoms with van der Waals surface area (Å²) < 4.78 is 10.9. The number of nitrogens with one attached hydrogen (secondary N) is 1. The van der Waals surface area contributed by atoms with Gasteiger partial charge in [-0.3, -0.25) is 0 Å². The molecule has 75 valence electrons. The Morgan fingerprint density at radius 3 is 3.29 bits per heavy atom. The van der Waals surface area contributed by atoms with Crippen LogP contribution in [0.3, 0.4) is 0 Å². The van der Waals surface area contributed by atoms with E-state index < -0.39 is 0 Å². The zero-order valence-corrected chi connectivity index (χ0v) is 8.25. The van der Waals surface area contributed by atoms with E-state index in [1.165, 1.54) is 0 Å². The van der Waals surface area contributed by atoms with E-state index in [1.54, 1.807) is 7.11 Å². The molecular formula is C11H14NO2. The van der Waals surface area contributed by atoms with E-state index in [-0.39, 0.29) is 6.10 Å². The maximum atomic E-state index is 5.65. The van der Waals surface area contributed by atoms with Crippen molar-refractivity contribution in [2.45, 2.75) is 6.10 Å². The van der Waals surface area contributed by atoms with Gasteiger partial charge < -0.3 is 14.8 Å². The molecule has 1 aromatic carbocycles. The van der Waals surface area contributed by atoms with Crippen LogP contribution in [0.5, 0.6) is 5.75 Å². The van der Waals surface area contributed by atoms with Gasteiger partial charge in [-0.15, -0.1) is 0 Å². The number of ether oxygens (including phenoxy) is 2. The van der Waals surface area contributed by atoms with Crippen molar-refractivity contribution in [1.82, 2.24) is 5.32 Å². The highest BCUT2D eigenvalue weighted by Crippen LogP contribution is 2.27. The van der Waals surface area contributed by atoms with Crippen molar-refractivity contribution in [3.05, 3.63) is 29.8 Å². The van der Waals surface area contributed by atoms with E-state index in [0.29, 0.717) is 0 Å². The van der Waals surface area contributed by atoms with Crippen molar-refractivity contribution < 1.29 is 9.47 Å². The van der Waals surface area contributed by atoms with E-state index in [9.17, 15) is 0 Å². The molecule has 1 saturated heterocycles. The molecule has 0 spiro atoms. The van der Waals surface area contributed by atoms with Crippen LogP contribution in [0.25, 0.3) is 0 Å². The predicted molar refractivity (Wildman–Crippen MR) is 53.4 cm³/mol. The Morgan fingerprint density at radius 2 is 2.57 bits per heavy atom. The molecule has 1 radical (unpaired) electrons. The Morgan fingerprint density at radius 1 is 1.64 bits per heavy atom. The van der Waals surface area contributed by atoms with E-state index in [1.807, 2.05) is 18.2 Å². The minimum Gasteiger partial charge on any atom is -0.496 e. The number of benzene rings is 1. The Labute approximate surface area is 84.0 Å². The average molecular weight is 192 g/mol. The SMILES string of the molecule is COc1c[c]ccc1C1CNCCO1. The van der Waals surface area contributed by atoms with Crippen molar-refractivity contribution in [3.63, 3.8) is 0 Å². The molecule has 0 bridgehead atoms. The third-order valence-electron chi connectivity index (χ3n) is 2.35. The molecule has 2 rings (SSSR count). The summed E-state index contributed by atoms with van der Waals surface area (Å²) in [4.78, 5) is 0. The van der Waals surface area contributed by atoms with Gasteiger partial charge in [0.1, 0.15) is 5.75 Å². The lowest BCUT2D eigenvalue weighted by atomic mass is 10.1. The lowest BCUT2D eigenvalue weighted by Gasteiger charge is -2.25. The average Bonchev–Trinajstić information content (AvgIpc) is 2.30. The molecule has 0 saturated carbocycles. The summed E-state index contributed by atoms with van der Waals surface area (Å²) >= 11 is 0. The molecule has 1 aliphatic rings. The van der Waals surface area contributed by atoms with Crippen LogP contribution in [0.4, 0.5) is 0 Å². The summed E-state index contributed by atoms with van der Waals surface area (Å²) in [6.07, 6.45) is 0.105. The third kappa shape index (κ3) is 1.89. The topological polar surface area (TPSA) is 30.5 Å². The van der Waals surface area contributed by atoms with Crippen molar-refractivity contribution in [1.29, 1.82) is 0 Å². The molecule has 1 aromatic rings. The predicted octanol–water partition coefficient (Wildman–Crippen LogP) is 1.16. The molecule has 0 amide bonds. The fraction of sp³-hybridized carbons (Fsp3) is 0.455. The number of methoxy groups -OCH3 is 1. The van der Waals surface area contributed by atoms with Crippen molar-refractivity contribution in [3.8, 4) is 5.75 Å². The van der Waals surface area contributed by atoms with Crippen molar-refractivity contribution in [2.24, 2.45) is 0 Å². The van der Waals surface area contributed by atoms with Gasteiger partial charge in [0.15, 0.2) is 0 Å². The van der Waals surface area contributed by atoms with Crippen LogP contribution in [-0.2, 0) is 4.74 Å². The van der Waals surface area contributed by atoms with Crippen molar-refractivity contribution in [2.75, 3.05) is 26.8 Å². The molecule has 0 aromatic heterocycles. The normalized spacial score (nSPS) is 21.9. The van der Waals surface area contributed by atoms with Gasteiger partial charge in [0.2, 0.25) is 0 Å². The Balaban J connectivity index is 2.20. The van der Waals surface area contributed by atoms with Gasteiger partial charge in [0, 0.05) is 18.7 Å². The quantitative estimate of drug-likeness (QED) is 0.762. The number of rotatable bonds is 2. The molecule has 3 nitrogen and oxygen atoms in total. The Bertz CT molecular complexity index is 295. The van der Waals surface area contributed by atoms with Crippen LogP contribution >= 0.6 is 0 Å². The van der Waals surface area contributed by atoms with Gasteiger partial charge in [0.25, 0.3) is 0 Å². The number of hydrogen-bond donors (Lipinski definition) is 1. The summed E-state index contributed by atoms with van der Waals surface area (Å²) in [6.45, 7) is 2.53. The summed E-state index contributed by atoms with van der Waals surface area (Å²) in [7, 11) is 1.67. The molecule has 3 heteroatoms. The fourth-order valence-electron chi connectivity index (χ4n) is 1.64. The van der Waals surface area contributed by atoms with Gasteiger partial charge in [-0.05, 0) is 12.1 Å². The summed E-state index contributed by atoms with van der Waals surface area (Å²) in [6, 6.07) is 8.71. The van der Waals surface area contributed by atoms with E-state index >= 15 is 0 Å². The molecule has 1 heterocycles. The Kier molecular flexibility index (Phi) is 3.01. The molecule has 1 aliphatic heterocycles. The first-order valence-electron chi connectivity index (χ1n) is 4.78. The molecule has 14 heavy (non-hydrogen) atoms. The van der Waals surface area contributed by atoms with Gasteiger partial charge in [-0.25, -0.2) is 0 Å². The van der Waals surface area contributed by atoms with Crippen LogP contribution in [0, 0.1) is 6.07 Å². The van der Waals surface area contributed by atoms with Crippen LogP contribution in [0.1, 0.15) is 11.7 Å². The molecule has 1 N–H and O–H groups in total. The van der Waals surface area contributed by atoms with E-state index in [0.717, 1.165) is 31.0 Å². The maximum Gasteiger partial charge on any atom is 0.125 e. The highest BCUT2D eigenvalue weighted by Gasteiger charge is 2.18. The second kappa shape index (κ2) is 4.44. The first-order chi connectivity index (χ1) is 6.92. The second-order valence-electron chi connectivity index (χ2n) is 3.23. The van der Waals surface area contributed by atoms with Crippen LogP contribution < -0.4 is 10.1 Å². The van der Waals surface area contributed by atoms with Gasteiger partial charge in [-0.1, -0.05) is 12.1 Å². The third-order valence-corrected chi connectivity index (χ3v) is 2.35. The highest BCUT2D eigenvalue weighted by molar-refractivity contribution is 5.34. The molecule has 1 atom stereocenters. The first kappa shape index (κ1) is 9.49. The summed E-state index contributed by atoms with van der Waals surface area (Å²) in [5.41, 5.74) is 1.10. The van der Waals surface area contributed by atoms with Gasteiger partial charge in [0.05, 0.1) is 19.8 Å². The van der Waals surface area contributed by atoms with Crippen LogP contribution in [0.2, 0.25) is 0 Å². The van der Waals surface area contributed by atoms with E-state index in [2.05, 4.69) is 11.4 Å². The standard InChI is InChI=1S/C11H14NO2/c1-13-10-5-3-2-4-9(10)11-8-12-6-7-14-11/h2,4-5,11-12H,6-8H2,1H3. The second-order valence-corrected chi connectivity index (χ2v) is 3.23. The number of hydrogen-bond acceptors (Lipinski definition) is 3. The van der Waals surface area contributed by atoms with E-state index in [4.69, 9.17) is 9.47 Å². The first-order valence-corrected chi connectivity index (χ1v) is 4.78. The fourth-order valence-corrected chi connectivity index (χ4v) is 1.64. The lowest BCUT2D eigenvalue weighted by molar-refractivity contribution is 0.0263. The highest BCUT2D eigenvalue weighted by atomic mass is 16.5. The smallest absolute Gasteiger partial charge is 0.125 e. The molecule has 1 unspecified atom stereocenters. The molecular weight excluding hydrogens is 178 g/mol. The minimum atomic E-state index is 0.105. The zero-order valence-electron chi connectivity index (χ0n) is 8.25.